The molecule has 0 radical (unpaired) electrons. The number of ether oxygens (including phenoxy) is 2. The maximum absolute atomic E-state index is 10.3. The zero-order valence-corrected chi connectivity index (χ0v) is 13.4. The van der Waals surface area contributed by atoms with E-state index in [2.05, 4.69) is 0 Å². The molecule has 126 valence electrons. The SMILES string of the molecule is O[C@@H]1[C@@H](O)[C@H](OCc2ccccc2)C=C[C@H]1OCc1ccccc1. The molecule has 2 aromatic rings. The lowest BCUT2D eigenvalue weighted by Gasteiger charge is -2.33. The van der Waals surface area contributed by atoms with Crippen molar-refractivity contribution in [3.8, 4) is 0 Å². The van der Waals surface area contributed by atoms with Crippen LogP contribution in [0.25, 0.3) is 0 Å². The van der Waals surface area contributed by atoms with Crippen molar-refractivity contribution in [1.82, 2.24) is 0 Å². The topological polar surface area (TPSA) is 58.9 Å². The van der Waals surface area contributed by atoms with Crippen LogP contribution in [0.1, 0.15) is 11.1 Å². The molecule has 1 aliphatic rings. The van der Waals surface area contributed by atoms with Gasteiger partial charge < -0.3 is 19.7 Å². The van der Waals surface area contributed by atoms with E-state index < -0.39 is 24.4 Å². The molecule has 0 saturated carbocycles. The minimum atomic E-state index is -1.01. The molecule has 0 aromatic heterocycles. The zero-order valence-electron chi connectivity index (χ0n) is 13.4. The predicted molar refractivity (Wildman–Crippen MR) is 91.2 cm³/mol. The molecule has 24 heavy (non-hydrogen) atoms. The van der Waals surface area contributed by atoms with Crippen molar-refractivity contribution in [1.29, 1.82) is 0 Å². The molecule has 0 spiro atoms. The monoisotopic (exact) mass is 326 g/mol. The third kappa shape index (κ3) is 4.30. The van der Waals surface area contributed by atoms with Crippen LogP contribution in [0.3, 0.4) is 0 Å². The summed E-state index contributed by atoms with van der Waals surface area (Å²) >= 11 is 0. The first kappa shape index (κ1) is 16.9. The third-order valence-corrected chi connectivity index (χ3v) is 4.08. The number of aliphatic hydroxyl groups is 2. The summed E-state index contributed by atoms with van der Waals surface area (Å²) in [5.74, 6) is 0. The van der Waals surface area contributed by atoms with Crippen LogP contribution in [0.4, 0.5) is 0 Å². The molecule has 0 unspecified atom stereocenters. The fourth-order valence-corrected chi connectivity index (χ4v) is 2.68. The van der Waals surface area contributed by atoms with E-state index in [4.69, 9.17) is 9.47 Å². The second-order valence-corrected chi connectivity index (χ2v) is 5.89. The van der Waals surface area contributed by atoms with Gasteiger partial charge in [-0.3, -0.25) is 0 Å². The smallest absolute Gasteiger partial charge is 0.112 e. The number of hydrogen-bond acceptors (Lipinski definition) is 4. The molecule has 2 aromatic carbocycles. The van der Waals surface area contributed by atoms with Crippen molar-refractivity contribution < 1.29 is 19.7 Å². The number of hydrogen-bond donors (Lipinski definition) is 2. The molecule has 4 heteroatoms. The average Bonchev–Trinajstić information content (AvgIpc) is 2.64. The van der Waals surface area contributed by atoms with E-state index in [1.807, 2.05) is 60.7 Å². The van der Waals surface area contributed by atoms with Crippen LogP contribution in [0.15, 0.2) is 72.8 Å². The van der Waals surface area contributed by atoms with E-state index >= 15 is 0 Å². The van der Waals surface area contributed by atoms with Gasteiger partial charge in [-0.2, -0.15) is 0 Å². The van der Waals surface area contributed by atoms with Gasteiger partial charge in [-0.25, -0.2) is 0 Å². The predicted octanol–water partition coefficient (Wildman–Crippen LogP) is 2.45. The Kier molecular flexibility index (Phi) is 5.77. The van der Waals surface area contributed by atoms with Gasteiger partial charge in [0, 0.05) is 0 Å². The summed E-state index contributed by atoms with van der Waals surface area (Å²) in [6, 6.07) is 19.5. The van der Waals surface area contributed by atoms with Gasteiger partial charge in [0.2, 0.25) is 0 Å². The molecule has 0 saturated heterocycles. The summed E-state index contributed by atoms with van der Waals surface area (Å²) in [7, 11) is 0. The Balaban J connectivity index is 1.54. The van der Waals surface area contributed by atoms with Gasteiger partial charge in [-0.05, 0) is 11.1 Å². The lowest BCUT2D eigenvalue weighted by molar-refractivity contribution is -0.127. The van der Waals surface area contributed by atoms with Crippen molar-refractivity contribution in [2.24, 2.45) is 0 Å². The van der Waals surface area contributed by atoms with Crippen molar-refractivity contribution in [3.05, 3.63) is 83.9 Å². The van der Waals surface area contributed by atoms with Crippen LogP contribution in [-0.4, -0.2) is 34.6 Å². The first-order chi connectivity index (χ1) is 11.7. The van der Waals surface area contributed by atoms with Gasteiger partial charge in [0.1, 0.15) is 24.4 Å². The molecule has 3 rings (SSSR count). The van der Waals surface area contributed by atoms with Crippen LogP contribution in [0.2, 0.25) is 0 Å². The molecular formula is C20H22O4. The van der Waals surface area contributed by atoms with Crippen molar-refractivity contribution >= 4 is 0 Å². The fraction of sp³-hybridized carbons (Fsp3) is 0.300. The van der Waals surface area contributed by atoms with E-state index in [1.165, 1.54) is 0 Å². The van der Waals surface area contributed by atoms with Gasteiger partial charge in [-0.15, -0.1) is 0 Å². The third-order valence-electron chi connectivity index (χ3n) is 4.08. The van der Waals surface area contributed by atoms with E-state index in [0.717, 1.165) is 11.1 Å². The second-order valence-electron chi connectivity index (χ2n) is 5.89. The van der Waals surface area contributed by atoms with Crippen LogP contribution in [0, 0.1) is 0 Å². The highest BCUT2D eigenvalue weighted by molar-refractivity contribution is 5.16. The van der Waals surface area contributed by atoms with Crippen LogP contribution >= 0.6 is 0 Å². The minimum absolute atomic E-state index is 0.384. The Hall–Kier alpha value is -1.98. The summed E-state index contributed by atoms with van der Waals surface area (Å²) in [6.07, 6.45) is 0.402. The molecule has 0 fully saturated rings. The van der Waals surface area contributed by atoms with Gasteiger partial charge in [0.25, 0.3) is 0 Å². The highest BCUT2D eigenvalue weighted by Gasteiger charge is 2.35. The molecule has 0 bridgehead atoms. The standard InChI is InChI=1S/C20H22O4/c21-19-17(23-13-15-7-3-1-4-8-15)11-12-18(20(19)22)24-14-16-9-5-2-6-10-16/h1-12,17-22H,13-14H2/t17-,18-,19+,20+/m1/s1. The summed E-state index contributed by atoms with van der Waals surface area (Å²) < 4.78 is 11.4. The largest absolute Gasteiger partial charge is 0.387 e. The Morgan fingerprint density at radius 1 is 0.625 bits per heavy atom. The Morgan fingerprint density at radius 2 is 1.00 bits per heavy atom. The van der Waals surface area contributed by atoms with Crippen LogP contribution in [0.5, 0.6) is 0 Å². The normalized spacial score (nSPS) is 26.4. The lowest BCUT2D eigenvalue weighted by atomic mass is 9.96. The molecule has 0 heterocycles. The van der Waals surface area contributed by atoms with Crippen LogP contribution in [-0.2, 0) is 22.7 Å². The van der Waals surface area contributed by atoms with E-state index in [1.54, 1.807) is 12.2 Å². The molecular weight excluding hydrogens is 304 g/mol. The average molecular weight is 326 g/mol. The zero-order chi connectivity index (χ0) is 16.8. The quantitative estimate of drug-likeness (QED) is 0.801. The van der Waals surface area contributed by atoms with Crippen molar-refractivity contribution in [2.45, 2.75) is 37.6 Å². The van der Waals surface area contributed by atoms with Gasteiger partial charge >= 0.3 is 0 Å². The first-order valence-corrected chi connectivity index (χ1v) is 8.09. The van der Waals surface area contributed by atoms with E-state index in [9.17, 15) is 10.2 Å². The van der Waals surface area contributed by atoms with Crippen LogP contribution < -0.4 is 0 Å². The summed E-state index contributed by atoms with van der Waals surface area (Å²) in [6.45, 7) is 0.768. The van der Waals surface area contributed by atoms with E-state index in [-0.39, 0.29) is 0 Å². The number of benzene rings is 2. The van der Waals surface area contributed by atoms with Crippen molar-refractivity contribution in [2.75, 3.05) is 0 Å². The Bertz CT molecular complexity index is 584. The fourth-order valence-electron chi connectivity index (χ4n) is 2.68. The maximum atomic E-state index is 10.3. The van der Waals surface area contributed by atoms with Gasteiger partial charge in [0.15, 0.2) is 0 Å². The Labute approximate surface area is 142 Å². The van der Waals surface area contributed by atoms with Gasteiger partial charge in [-0.1, -0.05) is 72.8 Å². The highest BCUT2D eigenvalue weighted by Crippen LogP contribution is 2.21. The van der Waals surface area contributed by atoms with E-state index in [0.29, 0.717) is 13.2 Å². The number of aliphatic hydroxyl groups excluding tert-OH is 2. The highest BCUT2D eigenvalue weighted by atomic mass is 16.5. The number of rotatable bonds is 6. The Morgan fingerprint density at radius 3 is 1.38 bits per heavy atom. The van der Waals surface area contributed by atoms with Crippen molar-refractivity contribution in [3.63, 3.8) is 0 Å². The van der Waals surface area contributed by atoms with Gasteiger partial charge in [0.05, 0.1) is 13.2 Å². The minimum Gasteiger partial charge on any atom is -0.387 e. The molecule has 0 aliphatic heterocycles. The summed E-state index contributed by atoms with van der Waals surface area (Å²) in [5, 5.41) is 20.6. The summed E-state index contributed by atoms with van der Waals surface area (Å²) in [5.41, 5.74) is 2.05. The lowest BCUT2D eigenvalue weighted by Crippen LogP contribution is -2.48. The summed E-state index contributed by atoms with van der Waals surface area (Å²) in [4.78, 5) is 0. The molecule has 2 N–H and O–H groups in total. The molecule has 1 aliphatic carbocycles. The first-order valence-electron chi connectivity index (χ1n) is 8.09. The molecule has 4 nitrogen and oxygen atoms in total. The maximum Gasteiger partial charge on any atom is 0.112 e. The second kappa shape index (κ2) is 8.22. The molecule has 4 atom stereocenters. The molecule has 0 amide bonds.